The number of pyridine rings is 1. The molecule has 0 bridgehead atoms. The van der Waals surface area contributed by atoms with Crippen LogP contribution in [-0.4, -0.2) is 22.9 Å². The van der Waals surface area contributed by atoms with Gasteiger partial charge in [-0.2, -0.15) is 0 Å². The Morgan fingerprint density at radius 1 is 0.968 bits per heavy atom. The molecule has 1 aromatic carbocycles. The van der Waals surface area contributed by atoms with Crippen LogP contribution in [0.5, 0.6) is 5.88 Å². The molecule has 2 N–H and O–H groups in total. The molecule has 6 heteroatoms. The van der Waals surface area contributed by atoms with Crippen molar-refractivity contribution in [3.63, 3.8) is 0 Å². The second-order valence-electron chi connectivity index (χ2n) is 8.58. The summed E-state index contributed by atoms with van der Waals surface area (Å²) in [6, 6.07) is 10.9. The third-order valence-corrected chi connectivity index (χ3v) is 6.24. The highest BCUT2D eigenvalue weighted by Gasteiger charge is 2.21. The molecule has 2 saturated carbocycles. The third kappa shape index (κ3) is 5.84. The fraction of sp³-hybridized carbons (Fsp3) is 0.480. The number of nitrogens with zero attached hydrogens (tertiary/aromatic N) is 1. The van der Waals surface area contributed by atoms with Crippen molar-refractivity contribution in [2.24, 2.45) is 5.92 Å². The maximum absolute atomic E-state index is 12.7. The van der Waals surface area contributed by atoms with E-state index in [0.29, 0.717) is 23.7 Å². The standard InChI is InChI=1S/C25H31N3O3/c29-23(27-17-20-11-7-15-26-25(20)31-22-13-4-5-14-22)19-10-6-12-21(16-19)28-24(30)18-8-2-1-3-9-18/h6-7,10-12,15-16,18,22H,1-5,8-9,13-14,17H2,(H,27,29)(H,28,30). The molecule has 0 aliphatic heterocycles. The zero-order valence-electron chi connectivity index (χ0n) is 17.9. The Morgan fingerprint density at radius 3 is 2.55 bits per heavy atom. The highest BCUT2D eigenvalue weighted by atomic mass is 16.5. The first-order chi connectivity index (χ1) is 15.2. The maximum atomic E-state index is 12.7. The van der Waals surface area contributed by atoms with Crippen molar-refractivity contribution in [1.29, 1.82) is 0 Å². The number of carbonyl (C=O) groups excluding carboxylic acids is 2. The Labute approximate surface area is 183 Å². The van der Waals surface area contributed by atoms with Gasteiger partial charge in [0.05, 0.1) is 0 Å². The fourth-order valence-electron chi connectivity index (χ4n) is 4.45. The Balaban J connectivity index is 1.35. The zero-order chi connectivity index (χ0) is 21.5. The van der Waals surface area contributed by atoms with Gasteiger partial charge in [-0.15, -0.1) is 0 Å². The van der Waals surface area contributed by atoms with E-state index in [1.54, 1.807) is 24.4 Å². The number of aromatic nitrogens is 1. The molecule has 0 spiro atoms. The van der Waals surface area contributed by atoms with E-state index in [9.17, 15) is 9.59 Å². The van der Waals surface area contributed by atoms with Gasteiger partial charge in [-0.05, 0) is 62.8 Å². The molecule has 2 aliphatic rings. The number of carbonyl (C=O) groups is 2. The Hall–Kier alpha value is -2.89. The quantitative estimate of drug-likeness (QED) is 0.670. The Morgan fingerprint density at radius 2 is 1.74 bits per heavy atom. The summed E-state index contributed by atoms with van der Waals surface area (Å²) in [5.74, 6) is 0.545. The predicted octanol–water partition coefficient (Wildman–Crippen LogP) is 4.85. The summed E-state index contributed by atoms with van der Waals surface area (Å²) in [7, 11) is 0. The molecule has 164 valence electrons. The third-order valence-electron chi connectivity index (χ3n) is 6.24. The number of nitrogens with one attached hydrogen (secondary N) is 2. The first kappa shape index (κ1) is 21.3. The molecule has 0 unspecified atom stereocenters. The molecule has 2 amide bonds. The molecule has 0 saturated heterocycles. The highest BCUT2D eigenvalue weighted by molar-refractivity contribution is 5.97. The van der Waals surface area contributed by atoms with Crippen LogP contribution in [0.15, 0.2) is 42.6 Å². The average molecular weight is 422 g/mol. The minimum atomic E-state index is -0.190. The van der Waals surface area contributed by atoms with E-state index in [1.807, 2.05) is 18.2 Å². The van der Waals surface area contributed by atoms with E-state index in [4.69, 9.17) is 4.74 Å². The minimum Gasteiger partial charge on any atom is -0.474 e. The van der Waals surface area contributed by atoms with Crippen LogP contribution in [0.2, 0.25) is 0 Å². The van der Waals surface area contributed by atoms with Crippen molar-refractivity contribution in [3.05, 3.63) is 53.7 Å². The number of benzene rings is 1. The van der Waals surface area contributed by atoms with Gasteiger partial charge in [-0.25, -0.2) is 4.98 Å². The second-order valence-corrected chi connectivity index (χ2v) is 8.58. The van der Waals surface area contributed by atoms with E-state index in [1.165, 1.54) is 19.3 Å². The lowest BCUT2D eigenvalue weighted by Crippen LogP contribution is -2.26. The summed E-state index contributed by atoms with van der Waals surface area (Å²) >= 11 is 0. The van der Waals surface area contributed by atoms with E-state index < -0.39 is 0 Å². The number of hydrogen-bond acceptors (Lipinski definition) is 4. The van der Waals surface area contributed by atoms with Crippen LogP contribution in [0.3, 0.4) is 0 Å². The molecule has 1 aromatic heterocycles. The zero-order valence-corrected chi connectivity index (χ0v) is 17.9. The van der Waals surface area contributed by atoms with Gasteiger partial charge >= 0.3 is 0 Å². The van der Waals surface area contributed by atoms with Crippen LogP contribution in [0.1, 0.15) is 73.7 Å². The van der Waals surface area contributed by atoms with Crippen LogP contribution in [0, 0.1) is 5.92 Å². The molecule has 2 aliphatic carbocycles. The monoisotopic (exact) mass is 421 g/mol. The lowest BCUT2D eigenvalue weighted by atomic mass is 9.88. The molecule has 2 fully saturated rings. The number of hydrogen-bond donors (Lipinski definition) is 2. The smallest absolute Gasteiger partial charge is 0.251 e. The lowest BCUT2D eigenvalue weighted by molar-refractivity contribution is -0.120. The van der Waals surface area contributed by atoms with E-state index in [2.05, 4.69) is 15.6 Å². The summed E-state index contributed by atoms with van der Waals surface area (Å²) in [5, 5.41) is 5.93. The van der Waals surface area contributed by atoms with Gasteiger partial charge in [0, 0.05) is 35.5 Å². The van der Waals surface area contributed by atoms with Crippen molar-refractivity contribution < 1.29 is 14.3 Å². The lowest BCUT2D eigenvalue weighted by Gasteiger charge is -2.20. The number of ether oxygens (including phenoxy) is 1. The highest BCUT2D eigenvalue weighted by Crippen LogP contribution is 2.26. The maximum Gasteiger partial charge on any atom is 0.251 e. The number of amides is 2. The first-order valence-electron chi connectivity index (χ1n) is 11.5. The second kappa shape index (κ2) is 10.4. The van der Waals surface area contributed by atoms with Gasteiger partial charge in [-0.1, -0.05) is 31.4 Å². The molecular weight excluding hydrogens is 390 g/mol. The first-order valence-corrected chi connectivity index (χ1v) is 11.5. The van der Waals surface area contributed by atoms with Crippen molar-refractivity contribution in [1.82, 2.24) is 10.3 Å². The van der Waals surface area contributed by atoms with Crippen molar-refractivity contribution >= 4 is 17.5 Å². The largest absolute Gasteiger partial charge is 0.474 e. The van der Waals surface area contributed by atoms with Crippen molar-refractivity contribution in [3.8, 4) is 5.88 Å². The van der Waals surface area contributed by atoms with Crippen LogP contribution >= 0.6 is 0 Å². The molecule has 1 heterocycles. The molecule has 4 rings (SSSR count). The molecule has 31 heavy (non-hydrogen) atoms. The van der Waals surface area contributed by atoms with Crippen molar-refractivity contribution in [2.45, 2.75) is 70.4 Å². The summed E-state index contributed by atoms with van der Waals surface area (Å²) in [6.07, 6.45) is 11.8. The molecular formula is C25H31N3O3. The van der Waals surface area contributed by atoms with Crippen LogP contribution in [0.4, 0.5) is 5.69 Å². The van der Waals surface area contributed by atoms with Gasteiger partial charge in [0.2, 0.25) is 11.8 Å². The van der Waals surface area contributed by atoms with E-state index in [0.717, 1.165) is 44.1 Å². The van der Waals surface area contributed by atoms with Crippen LogP contribution in [-0.2, 0) is 11.3 Å². The molecule has 0 atom stereocenters. The summed E-state index contributed by atoms with van der Waals surface area (Å²) in [5.41, 5.74) is 2.04. The minimum absolute atomic E-state index is 0.0568. The Bertz CT molecular complexity index is 902. The molecule has 6 nitrogen and oxygen atoms in total. The van der Waals surface area contributed by atoms with E-state index >= 15 is 0 Å². The topological polar surface area (TPSA) is 80.3 Å². The summed E-state index contributed by atoms with van der Waals surface area (Å²) in [6.45, 7) is 0.341. The van der Waals surface area contributed by atoms with Crippen LogP contribution < -0.4 is 15.4 Å². The number of anilines is 1. The van der Waals surface area contributed by atoms with Gasteiger partial charge in [0.25, 0.3) is 5.91 Å². The van der Waals surface area contributed by atoms with Gasteiger partial charge in [0.15, 0.2) is 0 Å². The van der Waals surface area contributed by atoms with Gasteiger partial charge in [0.1, 0.15) is 6.10 Å². The normalized spacial score (nSPS) is 17.3. The summed E-state index contributed by atoms with van der Waals surface area (Å²) in [4.78, 5) is 29.6. The van der Waals surface area contributed by atoms with Crippen molar-refractivity contribution in [2.75, 3.05) is 5.32 Å². The summed E-state index contributed by atoms with van der Waals surface area (Å²) < 4.78 is 6.06. The average Bonchev–Trinajstić information content (AvgIpc) is 3.32. The SMILES string of the molecule is O=C(NCc1cccnc1OC1CCCC1)c1cccc(NC(=O)C2CCCCC2)c1. The van der Waals surface area contributed by atoms with E-state index in [-0.39, 0.29) is 23.8 Å². The molecule has 2 aromatic rings. The predicted molar refractivity (Wildman–Crippen MR) is 120 cm³/mol. The fourth-order valence-corrected chi connectivity index (χ4v) is 4.45. The Kier molecular flexibility index (Phi) is 7.18. The van der Waals surface area contributed by atoms with Gasteiger partial charge < -0.3 is 15.4 Å². The molecule has 0 radical (unpaired) electrons. The number of rotatable bonds is 7. The van der Waals surface area contributed by atoms with Gasteiger partial charge in [-0.3, -0.25) is 9.59 Å². The van der Waals surface area contributed by atoms with Crippen LogP contribution in [0.25, 0.3) is 0 Å².